The number of nitriles is 1. The molecule has 0 aromatic heterocycles. The molecule has 2 saturated heterocycles. The molecule has 2 bridgehead atoms. The largest absolute Gasteiger partial charge is 0.365 e. The van der Waals surface area contributed by atoms with Crippen LogP contribution in [-0.2, 0) is 14.3 Å². The molecule has 2 amide bonds. The number of carbonyl (C=O) groups is 2. The van der Waals surface area contributed by atoms with Crippen molar-refractivity contribution in [3.8, 4) is 6.07 Å². The van der Waals surface area contributed by atoms with E-state index in [1.54, 1.807) is 24.3 Å². The molecule has 4 rings (SSSR count). The number of fused-ring (bicyclic) bond motifs is 5. The molecule has 1 aromatic carbocycles. The summed E-state index contributed by atoms with van der Waals surface area (Å²) in [7, 11) is 0. The average molecular weight is 266 g/mol. The fraction of sp³-hybridized carbons (Fsp3) is 0.267. The van der Waals surface area contributed by atoms with Gasteiger partial charge in [-0.25, -0.2) is 4.90 Å². The minimum atomic E-state index is -0.441. The molecule has 0 radical (unpaired) electrons. The van der Waals surface area contributed by atoms with Crippen molar-refractivity contribution in [1.29, 1.82) is 5.26 Å². The van der Waals surface area contributed by atoms with Gasteiger partial charge in [-0.1, -0.05) is 24.3 Å². The first-order chi connectivity index (χ1) is 9.72. The van der Waals surface area contributed by atoms with Crippen molar-refractivity contribution in [2.24, 2.45) is 11.8 Å². The Labute approximate surface area is 115 Å². The zero-order chi connectivity index (χ0) is 13.9. The molecule has 1 aromatic rings. The molecule has 5 heteroatoms. The summed E-state index contributed by atoms with van der Waals surface area (Å²) in [4.78, 5) is 26.2. The second-order valence-corrected chi connectivity index (χ2v) is 5.14. The van der Waals surface area contributed by atoms with Gasteiger partial charge in [0, 0.05) is 0 Å². The maximum Gasteiger partial charge on any atom is 0.240 e. The summed E-state index contributed by atoms with van der Waals surface area (Å²) in [5, 5.41) is 9.13. The molecule has 3 heterocycles. The van der Waals surface area contributed by atoms with Gasteiger partial charge in [-0.3, -0.25) is 9.59 Å². The van der Waals surface area contributed by atoms with Crippen LogP contribution in [0.25, 0.3) is 0 Å². The van der Waals surface area contributed by atoms with Crippen LogP contribution < -0.4 is 4.90 Å². The molecule has 2 fully saturated rings. The van der Waals surface area contributed by atoms with Gasteiger partial charge in [0.1, 0.15) is 6.07 Å². The van der Waals surface area contributed by atoms with Gasteiger partial charge >= 0.3 is 0 Å². The maximum atomic E-state index is 12.5. The normalized spacial score (nSPS) is 33.6. The highest BCUT2D eigenvalue weighted by Gasteiger charge is 2.61. The van der Waals surface area contributed by atoms with Crippen LogP contribution in [0.5, 0.6) is 0 Å². The summed E-state index contributed by atoms with van der Waals surface area (Å²) in [6.45, 7) is 0. The van der Waals surface area contributed by atoms with E-state index in [-0.39, 0.29) is 24.0 Å². The molecule has 5 nitrogen and oxygen atoms in total. The summed E-state index contributed by atoms with van der Waals surface area (Å²) >= 11 is 0. The Bertz CT molecular complexity index is 673. The molecule has 0 N–H and O–H groups in total. The molecular formula is C15H10N2O3. The highest BCUT2D eigenvalue weighted by atomic mass is 16.5. The van der Waals surface area contributed by atoms with E-state index in [0.717, 1.165) is 4.90 Å². The molecule has 0 aliphatic carbocycles. The summed E-state index contributed by atoms with van der Waals surface area (Å²) in [5.74, 6) is -1.41. The fourth-order valence-electron chi connectivity index (χ4n) is 3.30. The lowest BCUT2D eigenvalue weighted by molar-refractivity contribution is -0.124. The number of rotatable bonds is 1. The zero-order valence-corrected chi connectivity index (χ0v) is 10.4. The molecule has 0 saturated carbocycles. The highest BCUT2D eigenvalue weighted by Crippen LogP contribution is 2.46. The number of anilines is 1. The number of ether oxygens (including phenoxy) is 1. The van der Waals surface area contributed by atoms with Crippen molar-refractivity contribution in [2.75, 3.05) is 4.90 Å². The molecule has 3 aliphatic heterocycles. The molecule has 4 atom stereocenters. The van der Waals surface area contributed by atoms with Gasteiger partial charge in [-0.05, 0) is 12.1 Å². The zero-order valence-electron chi connectivity index (χ0n) is 10.4. The lowest BCUT2D eigenvalue weighted by atomic mass is 9.85. The predicted molar refractivity (Wildman–Crippen MR) is 68.4 cm³/mol. The fourth-order valence-corrected chi connectivity index (χ4v) is 3.30. The first-order valence-corrected chi connectivity index (χ1v) is 6.43. The van der Waals surface area contributed by atoms with E-state index in [1.807, 2.05) is 18.2 Å². The Kier molecular flexibility index (Phi) is 2.15. The Morgan fingerprint density at radius 1 is 1.05 bits per heavy atom. The SMILES string of the molecule is N#Cc1ccccc1N1C(=O)[C@@H]2[C@@H](C1=O)[C@H]1C=C[C@@H]2O1. The first kappa shape index (κ1) is 11.4. The van der Waals surface area contributed by atoms with Crippen molar-refractivity contribution in [2.45, 2.75) is 12.2 Å². The van der Waals surface area contributed by atoms with Crippen molar-refractivity contribution >= 4 is 17.5 Å². The Hall–Kier alpha value is -2.45. The predicted octanol–water partition coefficient (Wildman–Crippen LogP) is 1.00. The highest BCUT2D eigenvalue weighted by molar-refractivity contribution is 6.23. The van der Waals surface area contributed by atoms with Gasteiger partial charge < -0.3 is 4.74 Å². The molecule has 0 unspecified atom stereocenters. The van der Waals surface area contributed by atoms with Crippen molar-refractivity contribution in [1.82, 2.24) is 0 Å². The summed E-state index contributed by atoms with van der Waals surface area (Å²) in [6.07, 6.45) is 3.08. The minimum Gasteiger partial charge on any atom is -0.365 e. The number of amides is 2. The lowest BCUT2D eigenvalue weighted by Crippen LogP contribution is -2.34. The minimum absolute atomic E-state index is 0.264. The number of benzene rings is 1. The van der Waals surface area contributed by atoms with Gasteiger partial charge in [-0.2, -0.15) is 5.26 Å². The van der Waals surface area contributed by atoms with Crippen LogP contribution >= 0.6 is 0 Å². The lowest BCUT2D eigenvalue weighted by Gasteiger charge is -2.18. The maximum absolute atomic E-state index is 12.5. The van der Waals surface area contributed by atoms with Crippen LogP contribution in [0.1, 0.15) is 5.56 Å². The Morgan fingerprint density at radius 2 is 1.65 bits per heavy atom. The molecule has 98 valence electrons. The standard InChI is InChI=1S/C15H10N2O3/c16-7-8-3-1-2-4-9(8)17-14(18)12-10-5-6-11(20-10)13(12)15(17)19/h1-6,10-13H/t10-,11+,12-,13-/m0/s1. The third kappa shape index (κ3) is 1.24. The Balaban J connectivity index is 1.81. The van der Waals surface area contributed by atoms with E-state index >= 15 is 0 Å². The smallest absolute Gasteiger partial charge is 0.240 e. The summed E-state index contributed by atoms with van der Waals surface area (Å²) in [5.41, 5.74) is 0.703. The van der Waals surface area contributed by atoms with E-state index in [1.165, 1.54) is 0 Å². The van der Waals surface area contributed by atoms with Crippen molar-refractivity contribution in [3.63, 3.8) is 0 Å². The number of hydrogen-bond acceptors (Lipinski definition) is 4. The number of hydrogen-bond donors (Lipinski definition) is 0. The monoisotopic (exact) mass is 266 g/mol. The molecular weight excluding hydrogens is 256 g/mol. The van der Waals surface area contributed by atoms with Gasteiger partial charge in [0.2, 0.25) is 11.8 Å². The quantitative estimate of drug-likeness (QED) is 0.561. The van der Waals surface area contributed by atoms with Crippen LogP contribution in [0.4, 0.5) is 5.69 Å². The second kappa shape index (κ2) is 3.78. The van der Waals surface area contributed by atoms with E-state index in [2.05, 4.69) is 0 Å². The van der Waals surface area contributed by atoms with E-state index in [9.17, 15) is 9.59 Å². The number of imide groups is 1. The van der Waals surface area contributed by atoms with E-state index < -0.39 is 11.8 Å². The van der Waals surface area contributed by atoms with E-state index in [4.69, 9.17) is 10.00 Å². The average Bonchev–Trinajstić information content (AvgIpc) is 3.13. The van der Waals surface area contributed by atoms with Crippen LogP contribution in [0, 0.1) is 23.2 Å². The number of carbonyl (C=O) groups excluding carboxylic acids is 2. The van der Waals surface area contributed by atoms with Crippen LogP contribution in [-0.4, -0.2) is 24.0 Å². The molecule has 3 aliphatic rings. The van der Waals surface area contributed by atoms with Gasteiger partial charge in [0.25, 0.3) is 0 Å². The first-order valence-electron chi connectivity index (χ1n) is 6.43. The topological polar surface area (TPSA) is 70.4 Å². The van der Waals surface area contributed by atoms with Crippen molar-refractivity contribution in [3.05, 3.63) is 42.0 Å². The van der Waals surface area contributed by atoms with E-state index in [0.29, 0.717) is 11.3 Å². The van der Waals surface area contributed by atoms with Crippen molar-refractivity contribution < 1.29 is 14.3 Å². The number of nitrogens with zero attached hydrogens (tertiary/aromatic N) is 2. The van der Waals surface area contributed by atoms with Crippen LogP contribution in [0.15, 0.2) is 36.4 Å². The van der Waals surface area contributed by atoms with Gasteiger partial charge in [-0.15, -0.1) is 0 Å². The molecule has 0 spiro atoms. The number of para-hydroxylation sites is 1. The Morgan fingerprint density at radius 3 is 2.25 bits per heavy atom. The second-order valence-electron chi connectivity index (χ2n) is 5.14. The summed E-state index contributed by atoms with van der Waals surface area (Å²) in [6, 6.07) is 8.69. The van der Waals surface area contributed by atoms with Crippen LogP contribution in [0.3, 0.4) is 0 Å². The van der Waals surface area contributed by atoms with Crippen LogP contribution in [0.2, 0.25) is 0 Å². The third-order valence-corrected chi connectivity index (χ3v) is 4.18. The third-order valence-electron chi connectivity index (χ3n) is 4.18. The van der Waals surface area contributed by atoms with Gasteiger partial charge in [0.15, 0.2) is 0 Å². The summed E-state index contributed by atoms with van der Waals surface area (Å²) < 4.78 is 5.58. The van der Waals surface area contributed by atoms with Gasteiger partial charge in [0.05, 0.1) is 35.3 Å². The molecule has 20 heavy (non-hydrogen) atoms.